The Bertz CT molecular complexity index is 1920. The minimum absolute atomic E-state index is 0.00450. The van der Waals surface area contributed by atoms with Gasteiger partial charge in [-0.2, -0.15) is 0 Å². The molecule has 0 bridgehead atoms. The summed E-state index contributed by atoms with van der Waals surface area (Å²) >= 11 is 1.40. The number of nitrogens with zero attached hydrogens (tertiary/aromatic N) is 2. The number of esters is 1. The molecule has 5 rings (SSSR count). The van der Waals surface area contributed by atoms with Gasteiger partial charge < -0.3 is 29.2 Å². The third kappa shape index (κ3) is 9.82. The van der Waals surface area contributed by atoms with Crippen LogP contribution >= 0.6 is 11.3 Å². The van der Waals surface area contributed by atoms with E-state index in [1.165, 1.54) is 23.5 Å². The molecule has 13 nitrogen and oxygen atoms in total. The second-order valence-electron chi connectivity index (χ2n) is 17.1. The van der Waals surface area contributed by atoms with E-state index in [2.05, 4.69) is 29.0 Å². The van der Waals surface area contributed by atoms with Crippen molar-refractivity contribution < 1.29 is 43.0 Å². The molecule has 3 fully saturated rings. The maximum Gasteiger partial charge on any atom is 0.408 e. The number of Topliss-reactive ketones (excluding diaryl/α,β-unsaturated/α-hetero) is 2. The van der Waals surface area contributed by atoms with E-state index in [-0.39, 0.29) is 48.5 Å². The first kappa shape index (κ1) is 44.9. The van der Waals surface area contributed by atoms with Gasteiger partial charge in [0.25, 0.3) is 5.69 Å². The normalized spacial score (nSPS) is 34.9. The molecular formula is C44H59N3O10S. The van der Waals surface area contributed by atoms with E-state index in [4.69, 9.17) is 18.9 Å². The van der Waals surface area contributed by atoms with Gasteiger partial charge in [0.05, 0.1) is 33.7 Å². The van der Waals surface area contributed by atoms with Gasteiger partial charge in [-0.3, -0.25) is 24.5 Å². The van der Waals surface area contributed by atoms with Crippen LogP contribution in [-0.4, -0.2) is 95.8 Å². The largest absolute Gasteiger partial charge is 0.458 e. The molecule has 1 N–H and O–H groups in total. The van der Waals surface area contributed by atoms with Crippen molar-refractivity contribution in [3.63, 3.8) is 0 Å². The molecule has 58 heavy (non-hydrogen) atoms. The molecule has 1 aromatic carbocycles. The fourth-order valence-corrected chi connectivity index (χ4v) is 10.2. The number of benzene rings is 1. The summed E-state index contributed by atoms with van der Waals surface area (Å²) in [5, 5.41) is 14.2. The number of ketones is 2. The number of nitrogens with one attached hydrogen (secondary N) is 1. The van der Waals surface area contributed by atoms with Gasteiger partial charge in [-0.25, -0.2) is 4.79 Å². The molecule has 14 heteroatoms. The second-order valence-corrected chi connectivity index (χ2v) is 18.2. The summed E-state index contributed by atoms with van der Waals surface area (Å²) in [4.78, 5) is 70.3. The molecule has 0 spiro atoms. The Morgan fingerprint density at radius 3 is 2.41 bits per heavy atom. The Kier molecular flexibility index (Phi) is 14.3. The summed E-state index contributed by atoms with van der Waals surface area (Å²) in [7, 11) is 4.10. The number of nitro benzene ring substituents is 1. The van der Waals surface area contributed by atoms with Crippen molar-refractivity contribution in [2.24, 2.45) is 29.6 Å². The van der Waals surface area contributed by atoms with Gasteiger partial charge in [-0.1, -0.05) is 51.7 Å². The van der Waals surface area contributed by atoms with Gasteiger partial charge in [-0.05, 0) is 97.5 Å². The number of nitro groups is 1. The summed E-state index contributed by atoms with van der Waals surface area (Å²) in [5.74, 6) is 1.47. The highest BCUT2D eigenvalue weighted by Crippen LogP contribution is 2.43. The smallest absolute Gasteiger partial charge is 0.408 e. The molecule has 3 saturated heterocycles. The second kappa shape index (κ2) is 18.4. The molecule has 1 aromatic heterocycles. The first-order chi connectivity index (χ1) is 27.3. The maximum absolute atomic E-state index is 14.5. The zero-order chi connectivity index (χ0) is 42.7. The van der Waals surface area contributed by atoms with Gasteiger partial charge in [0.2, 0.25) is 0 Å². The number of cyclic esters (lactones) is 1. The SMILES string of the molecule is CC[C@H]1OC(=O)[C@H](C)C(=O)[C@H](C)[C@@H](CC2C[C@@H](N(C)C)C[C@@H](C)O2)[C@@](C)(OCC#Cc2ccc(-c3cccc([N+](=O)[O-])c3)s2)C[C@@H](C)C(=O)[C@H](C)C2NC(=O)O[C@@]21C. The van der Waals surface area contributed by atoms with E-state index in [0.717, 1.165) is 22.6 Å². The van der Waals surface area contributed by atoms with E-state index in [1.54, 1.807) is 26.8 Å². The van der Waals surface area contributed by atoms with Crippen molar-refractivity contribution >= 4 is 40.7 Å². The first-order valence-corrected chi connectivity index (χ1v) is 21.2. The lowest BCUT2D eigenvalue weighted by atomic mass is 9.68. The summed E-state index contributed by atoms with van der Waals surface area (Å²) in [5.41, 5.74) is -1.75. The number of rotatable bonds is 8. The Morgan fingerprint density at radius 1 is 1.02 bits per heavy atom. The molecule has 0 saturated carbocycles. The molecule has 1 amide bonds. The lowest BCUT2D eigenvalue weighted by Crippen LogP contribution is -2.57. The number of fused-ring (bicyclic) bond motifs is 1. The Hall–Kier alpha value is -4.16. The zero-order valence-corrected chi connectivity index (χ0v) is 36.2. The lowest BCUT2D eigenvalue weighted by molar-refractivity contribution is -0.384. The topological polar surface area (TPSA) is 164 Å². The predicted molar refractivity (Wildman–Crippen MR) is 220 cm³/mol. The monoisotopic (exact) mass is 821 g/mol. The number of hydrogen-bond donors (Lipinski definition) is 1. The molecule has 2 aromatic rings. The van der Waals surface area contributed by atoms with Crippen LogP contribution in [0, 0.1) is 51.5 Å². The molecule has 316 valence electrons. The summed E-state index contributed by atoms with van der Waals surface area (Å²) in [6, 6.07) is 9.62. The molecule has 0 aliphatic carbocycles. The van der Waals surface area contributed by atoms with Crippen LogP contribution < -0.4 is 5.32 Å². The highest BCUT2D eigenvalue weighted by atomic mass is 32.1. The van der Waals surface area contributed by atoms with Crippen LogP contribution in [-0.2, 0) is 33.3 Å². The lowest BCUT2D eigenvalue weighted by Gasteiger charge is -2.46. The van der Waals surface area contributed by atoms with Gasteiger partial charge in [0.1, 0.15) is 30.2 Å². The molecular weight excluding hydrogens is 763 g/mol. The quantitative estimate of drug-likeness (QED) is 0.0940. The van der Waals surface area contributed by atoms with Crippen LogP contribution in [0.25, 0.3) is 10.4 Å². The van der Waals surface area contributed by atoms with E-state index in [9.17, 15) is 29.3 Å². The fourth-order valence-electron chi connectivity index (χ4n) is 9.36. The number of carbonyl (C=O) groups is 4. The van der Waals surface area contributed by atoms with Gasteiger partial charge in [0, 0.05) is 40.8 Å². The minimum atomic E-state index is -1.36. The maximum atomic E-state index is 14.5. The number of non-ortho nitro benzene ring substituents is 1. The van der Waals surface area contributed by atoms with E-state index in [0.29, 0.717) is 18.4 Å². The van der Waals surface area contributed by atoms with E-state index < -0.39 is 69.9 Å². The average Bonchev–Trinajstić information content (AvgIpc) is 3.79. The standard InChI is InChI=1S/C44H59N3O10S/c1-11-37-44(8)40(45-42(51)57-44)28(5)38(48)25(2)24-43(7,54-19-13-16-34-17-18-36(58-34)30-14-12-15-31(21-30)47(52)53)35(27(4)39(49)29(6)41(50)56-37)23-33-22-32(46(9)10)20-26(3)55-33/h12,14-15,17-18,21,25-29,32-33,35,37,40H,11,19-20,22-24H2,1-10H3,(H,45,51)/t25-,26-,27-,28+,29-,32+,33?,35-,37-,40?,43+,44-/m1/s1. The van der Waals surface area contributed by atoms with Crippen LogP contribution in [0.2, 0.25) is 0 Å². The van der Waals surface area contributed by atoms with Crippen molar-refractivity contribution in [1.29, 1.82) is 0 Å². The van der Waals surface area contributed by atoms with Crippen molar-refractivity contribution in [2.75, 3.05) is 20.7 Å². The zero-order valence-electron chi connectivity index (χ0n) is 35.4. The van der Waals surface area contributed by atoms with Crippen LogP contribution in [0.15, 0.2) is 36.4 Å². The summed E-state index contributed by atoms with van der Waals surface area (Å²) in [6.45, 7) is 14.4. The Morgan fingerprint density at radius 2 is 1.74 bits per heavy atom. The fraction of sp³-hybridized carbons (Fsp3) is 0.636. The highest BCUT2D eigenvalue weighted by Gasteiger charge is 2.57. The molecule has 3 aliphatic rings. The molecule has 4 heterocycles. The van der Waals surface area contributed by atoms with Crippen LogP contribution in [0.3, 0.4) is 0 Å². The molecule has 0 radical (unpaired) electrons. The van der Waals surface area contributed by atoms with Crippen LogP contribution in [0.4, 0.5) is 10.5 Å². The number of thiophene rings is 1. The Labute approximate surface area is 346 Å². The van der Waals surface area contributed by atoms with E-state index >= 15 is 0 Å². The molecule has 12 atom stereocenters. The van der Waals surface area contributed by atoms with Crippen LogP contribution in [0.1, 0.15) is 92.4 Å². The highest BCUT2D eigenvalue weighted by molar-refractivity contribution is 7.16. The number of alkyl carbamates (subject to hydrolysis) is 1. The predicted octanol–water partition coefficient (Wildman–Crippen LogP) is 7.23. The minimum Gasteiger partial charge on any atom is -0.458 e. The van der Waals surface area contributed by atoms with E-state index in [1.807, 2.05) is 60.0 Å². The third-order valence-electron chi connectivity index (χ3n) is 12.7. The number of ether oxygens (including phenoxy) is 4. The van der Waals surface area contributed by atoms with Crippen molar-refractivity contribution in [1.82, 2.24) is 10.2 Å². The van der Waals surface area contributed by atoms with Gasteiger partial charge in [-0.15, -0.1) is 11.3 Å². The summed E-state index contributed by atoms with van der Waals surface area (Å²) < 4.78 is 25.1. The average molecular weight is 822 g/mol. The van der Waals surface area contributed by atoms with Crippen molar-refractivity contribution in [3.05, 3.63) is 51.4 Å². The van der Waals surface area contributed by atoms with Crippen LogP contribution in [0.5, 0.6) is 0 Å². The Balaban J connectivity index is 1.52. The number of hydrogen-bond acceptors (Lipinski definition) is 12. The van der Waals surface area contributed by atoms with Crippen molar-refractivity contribution in [2.45, 2.75) is 129 Å². The van der Waals surface area contributed by atoms with Gasteiger partial charge >= 0.3 is 12.1 Å². The van der Waals surface area contributed by atoms with Crippen molar-refractivity contribution in [3.8, 4) is 22.3 Å². The number of carbonyl (C=O) groups excluding carboxylic acids is 4. The summed E-state index contributed by atoms with van der Waals surface area (Å²) in [6.07, 6.45) is 0.687. The third-order valence-corrected chi connectivity index (χ3v) is 13.7. The first-order valence-electron chi connectivity index (χ1n) is 20.3. The van der Waals surface area contributed by atoms with Gasteiger partial charge in [0.15, 0.2) is 5.60 Å². The molecule has 3 aliphatic heterocycles. The number of amides is 1. The molecule has 2 unspecified atom stereocenters.